The molecule has 0 spiro atoms. The summed E-state index contributed by atoms with van der Waals surface area (Å²) in [6.45, 7) is 0.333. The average molecular weight is 314 g/mol. The highest BCUT2D eigenvalue weighted by molar-refractivity contribution is 9.10. The van der Waals surface area contributed by atoms with Gasteiger partial charge in [0.2, 0.25) is 5.91 Å². The van der Waals surface area contributed by atoms with E-state index in [-0.39, 0.29) is 0 Å². The lowest BCUT2D eigenvalue weighted by atomic mass is 10.2. The predicted molar refractivity (Wildman–Crippen MR) is 70.3 cm³/mol. The molecular formula is C12H12BrNO4. The summed E-state index contributed by atoms with van der Waals surface area (Å²) in [5.41, 5.74) is 1.36. The van der Waals surface area contributed by atoms with Crippen LogP contribution in [-0.4, -0.2) is 24.1 Å². The molecule has 0 aliphatic carbocycles. The van der Waals surface area contributed by atoms with Crippen molar-refractivity contribution in [1.29, 1.82) is 0 Å². The molecule has 0 atom stereocenters. The van der Waals surface area contributed by atoms with E-state index in [1.165, 1.54) is 0 Å². The molecule has 0 aromatic heterocycles. The number of benzene rings is 1. The largest absolute Gasteiger partial charge is 0.478 e. The molecule has 18 heavy (non-hydrogen) atoms. The SMILES string of the molecule is COCc1c(Br)cccc1NC(=O)C=CC(=O)O. The molecule has 5 nitrogen and oxygen atoms in total. The van der Waals surface area contributed by atoms with Crippen LogP contribution in [0.5, 0.6) is 0 Å². The van der Waals surface area contributed by atoms with Crippen molar-refractivity contribution in [3.63, 3.8) is 0 Å². The van der Waals surface area contributed by atoms with Gasteiger partial charge in [0.15, 0.2) is 0 Å². The maximum absolute atomic E-state index is 11.5. The van der Waals surface area contributed by atoms with Crippen LogP contribution in [0.3, 0.4) is 0 Å². The Hall–Kier alpha value is -1.66. The first-order chi connectivity index (χ1) is 8.54. The van der Waals surface area contributed by atoms with Gasteiger partial charge in [-0.2, -0.15) is 0 Å². The Morgan fingerprint density at radius 3 is 2.78 bits per heavy atom. The maximum Gasteiger partial charge on any atom is 0.328 e. The van der Waals surface area contributed by atoms with Crippen LogP contribution in [-0.2, 0) is 20.9 Å². The fraction of sp³-hybridized carbons (Fsp3) is 0.167. The van der Waals surface area contributed by atoms with Gasteiger partial charge in [-0.3, -0.25) is 4.79 Å². The van der Waals surface area contributed by atoms with Crippen molar-refractivity contribution in [2.24, 2.45) is 0 Å². The van der Waals surface area contributed by atoms with Gasteiger partial charge >= 0.3 is 5.97 Å². The summed E-state index contributed by atoms with van der Waals surface area (Å²) in [7, 11) is 1.55. The summed E-state index contributed by atoms with van der Waals surface area (Å²) in [4.78, 5) is 21.8. The molecule has 0 fully saturated rings. The normalized spacial score (nSPS) is 10.6. The molecule has 6 heteroatoms. The monoisotopic (exact) mass is 313 g/mol. The van der Waals surface area contributed by atoms with Crippen LogP contribution < -0.4 is 5.32 Å². The third-order valence-corrected chi connectivity index (χ3v) is 2.79. The van der Waals surface area contributed by atoms with E-state index in [1.807, 2.05) is 6.07 Å². The van der Waals surface area contributed by atoms with Crippen molar-refractivity contribution in [3.8, 4) is 0 Å². The number of halogens is 1. The van der Waals surface area contributed by atoms with E-state index in [9.17, 15) is 9.59 Å². The van der Waals surface area contributed by atoms with Crippen LogP contribution in [0.4, 0.5) is 5.69 Å². The first-order valence-electron chi connectivity index (χ1n) is 5.03. The lowest BCUT2D eigenvalue weighted by Gasteiger charge is -2.10. The highest BCUT2D eigenvalue weighted by Crippen LogP contribution is 2.25. The molecule has 0 aliphatic heterocycles. The van der Waals surface area contributed by atoms with Crippen molar-refractivity contribution < 1.29 is 19.4 Å². The first kappa shape index (κ1) is 14.4. The van der Waals surface area contributed by atoms with Crippen molar-refractivity contribution >= 4 is 33.5 Å². The molecule has 2 N–H and O–H groups in total. The Labute approximate surface area is 113 Å². The second kappa shape index (κ2) is 6.93. The number of ether oxygens (including phenoxy) is 1. The molecule has 0 radical (unpaired) electrons. The van der Waals surface area contributed by atoms with Gasteiger partial charge in [0.1, 0.15) is 0 Å². The van der Waals surface area contributed by atoms with E-state index < -0.39 is 11.9 Å². The van der Waals surface area contributed by atoms with Crippen LogP contribution >= 0.6 is 15.9 Å². The van der Waals surface area contributed by atoms with Crippen LogP contribution in [0.15, 0.2) is 34.8 Å². The van der Waals surface area contributed by atoms with Gasteiger partial charge in [0, 0.05) is 35.0 Å². The molecule has 0 aliphatic rings. The Bertz CT molecular complexity index is 485. The number of carbonyl (C=O) groups excluding carboxylic acids is 1. The Balaban J connectivity index is 2.87. The van der Waals surface area contributed by atoms with Crippen LogP contribution in [0.25, 0.3) is 0 Å². The average Bonchev–Trinajstić information content (AvgIpc) is 2.31. The maximum atomic E-state index is 11.5. The molecule has 0 saturated heterocycles. The molecule has 0 saturated carbocycles. The molecule has 96 valence electrons. The minimum absolute atomic E-state index is 0.333. The number of nitrogens with one attached hydrogen (secondary N) is 1. The number of amides is 1. The van der Waals surface area contributed by atoms with Crippen LogP contribution in [0.1, 0.15) is 5.56 Å². The van der Waals surface area contributed by atoms with Crippen LogP contribution in [0, 0.1) is 0 Å². The highest BCUT2D eigenvalue weighted by atomic mass is 79.9. The lowest BCUT2D eigenvalue weighted by molar-refractivity contribution is -0.131. The van der Waals surface area contributed by atoms with Gasteiger partial charge in [0.05, 0.1) is 6.61 Å². The number of aliphatic carboxylic acids is 1. The van der Waals surface area contributed by atoms with Crippen molar-refractivity contribution in [1.82, 2.24) is 0 Å². The number of carbonyl (C=O) groups is 2. The molecule has 1 aromatic rings. The van der Waals surface area contributed by atoms with E-state index in [0.29, 0.717) is 12.3 Å². The Morgan fingerprint density at radius 2 is 2.17 bits per heavy atom. The standard InChI is InChI=1S/C12H12BrNO4/c1-18-7-8-9(13)3-2-4-10(8)14-11(15)5-6-12(16)17/h2-6H,7H2,1H3,(H,14,15)(H,16,17). The summed E-state index contributed by atoms with van der Waals surface area (Å²) in [6, 6.07) is 5.31. The van der Waals surface area contributed by atoms with Gasteiger partial charge in [-0.15, -0.1) is 0 Å². The molecule has 1 aromatic carbocycles. The zero-order valence-electron chi connectivity index (χ0n) is 9.64. The van der Waals surface area contributed by atoms with E-state index in [2.05, 4.69) is 21.2 Å². The number of hydrogen-bond acceptors (Lipinski definition) is 3. The van der Waals surface area contributed by atoms with Crippen molar-refractivity contribution in [2.75, 3.05) is 12.4 Å². The lowest BCUT2D eigenvalue weighted by Crippen LogP contribution is -2.11. The predicted octanol–water partition coefficient (Wildman–Crippen LogP) is 2.17. The number of hydrogen-bond donors (Lipinski definition) is 2. The minimum atomic E-state index is -1.17. The van der Waals surface area contributed by atoms with Gasteiger partial charge < -0.3 is 15.2 Å². The zero-order chi connectivity index (χ0) is 13.5. The number of carboxylic acids is 1. The fourth-order valence-corrected chi connectivity index (χ4v) is 1.77. The molecule has 1 rings (SSSR count). The van der Waals surface area contributed by atoms with Gasteiger partial charge in [-0.05, 0) is 12.1 Å². The second-order valence-electron chi connectivity index (χ2n) is 3.36. The third kappa shape index (κ3) is 4.31. The van der Waals surface area contributed by atoms with Gasteiger partial charge in [-0.1, -0.05) is 22.0 Å². The van der Waals surface area contributed by atoms with Crippen molar-refractivity contribution in [2.45, 2.75) is 6.61 Å². The number of methoxy groups -OCH3 is 1. The highest BCUT2D eigenvalue weighted by Gasteiger charge is 2.08. The molecule has 0 heterocycles. The molecular weight excluding hydrogens is 302 g/mol. The molecule has 1 amide bonds. The molecule has 0 unspecified atom stereocenters. The van der Waals surface area contributed by atoms with E-state index in [0.717, 1.165) is 22.2 Å². The Kier molecular flexibility index (Phi) is 5.54. The zero-order valence-corrected chi connectivity index (χ0v) is 11.2. The van der Waals surface area contributed by atoms with Crippen molar-refractivity contribution in [3.05, 3.63) is 40.4 Å². The quantitative estimate of drug-likeness (QED) is 0.817. The summed E-state index contributed by atoms with van der Waals surface area (Å²) in [6.07, 6.45) is 1.74. The summed E-state index contributed by atoms with van der Waals surface area (Å²) >= 11 is 3.36. The number of anilines is 1. The third-order valence-electron chi connectivity index (χ3n) is 2.04. The minimum Gasteiger partial charge on any atom is -0.478 e. The fourth-order valence-electron chi connectivity index (χ4n) is 1.29. The van der Waals surface area contributed by atoms with E-state index >= 15 is 0 Å². The van der Waals surface area contributed by atoms with E-state index in [4.69, 9.17) is 9.84 Å². The first-order valence-corrected chi connectivity index (χ1v) is 5.82. The topological polar surface area (TPSA) is 75.6 Å². The Morgan fingerprint density at radius 1 is 1.44 bits per heavy atom. The van der Waals surface area contributed by atoms with E-state index in [1.54, 1.807) is 19.2 Å². The van der Waals surface area contributed by atoms with Gasteiger partial charge in [0.25, 0.3) is 0 Å². The van der Waals surface area contributed by atoms with Crippen LogP contribution in [0.2, 0.25) is 0 Å². The number of carboxylic acid groups (broad SMARTS) is 1. The van der Waals surface area contributed by atoms with Gasteiger partial charge in [-0.25, -0.2) is 4.79 Å². The number of rotatable bonds is 5. The smallest absolute Gasteiger partial charge is 0.328 e. The summed E-state index contributed by atoms with van der Waals surface area (Å²) in [5.74, 6) is -1.68. The summed E-state index contributed by atoms with van der Waals surface area (Å²) < 4.78 is 5.85. The molecule has 0 bridgehead atoms. The second-order valence-corrected chi connectivity index (χ2v) is 4.21. The summed E-state index contributed by atoms with van der Waals surface area (Å²) in [5, 5.41) is 11.0.